The molecule has 2 aromatic heterocycles. The molecule has 4 aromatic rings. The highest BCUT2D eigenvalue weighted by molar-refractivity contribution is 7.80. The number of hydrogen-bond acceptors (Lipinski definition) is 2. The van der Waals surface area contributed by atoms with Gasteiger partial charge in [-0.2, -0.15) is 13.2 Å². The number of hydrogen-bond donors (Lipinski definition) is 1. The quantitative estimate of drug-likeness (QED) is 0.282. The minimum atomic E-state index is -4.48. The van der Waals surface area contributed by atoms with Crippen LogP contribution in [-0.2, 0) is 6.18 Å². The van der Waals surface area contributed by atoms with Crippen LogP contribution in [0.15, 0.2) is 79.0 Å². The number of anilines is 1. The highest BCUT2D eigenvalue weighted by atomic mass is 35.5. The van der Waals surface area contributed by atoms with Crippen LogP contribution in [0.2, 0.25) is 5.02 Å². The average Bonchev–Trinajstić information content (AvgIpc) is 3.34. The van der Waals surface area contributed by atoms with Gasteiger partial charge < -0.3 is 14.8 Å². The third-order valence-corrected chi connectivity index (χ3v) is 7.01. The average molecular weight is 527 g/mol. The van der Waals surface area contributed by atoms with E-state index in [2.05, 4.69) is 10.3 Å². The monoisotopic (exact) mass is 526 g/mol. The summed E-state index contributed by atoms with van der Waals surface area (Å²) in [6.45, 7) is 3.65. The molecule has 0 aliphatic carbocycles. The van der Waals surface area contributed by atoms with Gasteiger partial charge in [-0.05, 0) is 86.2 Å². The number of alkyl halides is 3. The Hall–Kier alpha value is -3.36. The standard InChI is InChI=1S/C27H22ClF3N4S/c1-16-15-20(17(2)34(16)23-9-4-3-7-21(23)27(29,30)31)25-24(22-8-5-6-14-32-22)33-26(36)35(25)19-12-10-18(28)11-13-19/h3-15,24-25H,1-2H3,(H,33,36)/t24-,25-/m1/s1. The van der Waals surface area contributed by atoms with Crippen molar-refractivity contribution in [1.29, 1.82) is 0 Å². The summed E-state index contributed by atoms with van der Waals surface area (Å²) in [5.41, 5.74) is 3.24. The normalized spacial score (nSPS) is 17.9. The van der Waals surface area contributed by atoms with E-state index in [0.29, 0.717) is 21.5 Å². The Morgan fingerprint density at radius 1 is 0.972 bits per heavy atom. The van der Waals surface area contributed by atoms with Gasteiger partial charge in [0, 0.05) is 28.3 Å². The van der Waals surface area contributed by atoms with Crippen molar-refractivity contribution in [3.05, 3.63) is 112 Å². The lowest BCUT2D eigenvalue weighted by Gasteiger charge is -2.28. The summed E-state index contributed by atoms with van der Waals surface area (Å²) in [5.74, 6) is 0. The maximum absolute atomic E-state index is 13.9. The van der Waals surface area contributed by atoms with Crippen molar-refractivity contribution in [3.63, 3.8) is 0 Å². The molecule has 2 aromatic carbocycles. The van der Waals surface area contributed by atoms with E-state index in [1.807, 2.05) is 55.1 Å². The molecule has 1 saturated heterocycles. The third-order valence-electron chi connectivity index (χ3n) is 6.44. The second-order valence-corrected chi connectivity index (χ2v) is 9.47. The molecule has 1 aliphatic rings. The number of thiocarbonyl (C=S) groups is 1. The summed E-state index contributed by atoms with van der Waals surface area (Å²) in [6.07, 6.45) is -2.77. The van der Waals surface area contributed by atoms with Gasteiger partial charge in [-0.3, -0.25) is 4.98 Å². The van der Waals surface area contributed by atoms with Crippen molar-refractivity contribution < 1.29 is 13.2 Å². The minimum Gasteiger partial charge on any atom is -0.351 e. The fraction of sp³-hybridized carbons (Fsp3) is 0.185. The van der Waals surface area contributed by atoms with Crippen LogP contribution in [0.3, 0.4) is 0 Å². The SMILES string of the molecule is Cc1cc([C@@H]2[C@@H](c3ccccn3)NC(=S)N2c2ccc(Cl)cc2)c(C)n1-c1ccccc1C(F)(F)F. The number of aromatic nitrogens is 2. The van der Waals surface area contributed by atoms with E-state index in [-0.39, 0.29) is 17.8 Å². The first-order valence-electron chi connectivity index (χ1n) is 11.3. The van der Waals surface area contributed by atoms with E-state index in [4.69, 9.17) is 23.8 Å². The fourth-order valence-corrected chi connectivity index (χ4v) is 5.39. The predicted molar refractivity (Wildman–Crippen MR) is 140 cm³/mol. The maximum atomic E-state index is 13.9. The lowest BCUT2D eigenvalue weighted by atomic mass is 9.96. The van der Waals surface area contributed by atoms with E-state index in [1.54, 1.807) is 29.0 Å². The molecule has 1 N–H and O–H groups in total. The molecule has 5 rings (SSSR count). The highest BCUT2D eigenvalue weighted by Gasteiger charge is 2.43. The zero-order valence-electron chi connectivity index (χ0n) is 19.4. The molecular formula is C27H22ClF3N4S. The third kappa shape index (κ3) is 4.24. The summed E-state index contributed by atoms with van der Waals surface area (Å²) in [6, 6.07) is 19.9. The molecule has 0 bridgehead atoms. The molecule has 0 saturated carbocycles. The first-order valence-corrected chi connectivity index (χ1v) is 12.1. The van der Waals surface area contributed by atoms with E-state index in [1.165, 1.54) is 12.1 Å². The molecule has 184 valence electrons. The number of pyridine rings is 1. The molecule has 36 heavy (non-hydrogen) atoms. The van der Waals surface area contributed by atoms with Crippen molar-refractivity contribution in [2.45, 2.75) is 32.1 Å². The molecule has 1 aliphatic heterocycles. The number of aryl methyl sites for hydroxylation is 1. The lowest BCUT2D eigenvalue weighted by molar-refractivity contribution is -0.137. The van der Waals surface area contributed by atoms with E-state index >= 15 is 0 Å². The number of para-hydroxylation sites is 1. The second kappa shape index (κ2) is 9.26. The van der Waals surface area contributed by atoms with Gasteiger partial charge in [-0.1, -0.05) is 29.8 Å². The number of nitrogens with one attached hydrogen (secondary N) is 1. The van der Waals surface area contributed by atoms with Gasteiger partial charge in [0.15, 0.2) is 5.11 Å². The summed E-state index contributed by atoms with van der Waals surface area (Å²) in [4.78, 5) is 6.53. The molecule has 0 spiro atoms. The summed E-state index contributed by atoms with van der Waals surface area (Å²) in [7, 11) is 0. The molecule has 0 amide bonds. The van der Waals surface area contributed by atoms with Gasteiger partial charge in [0.25, 0.3) is 0 Å². The molecule has 2 atom stereocenters. The van der Waals surface area contributed by atoms with Crippen LogP contribution in [0.5, 0.6) is 0 Å². The van der Waals surface area contributed by atoms with Crippen LogP contribution in [-0.4, -0.2) is 14.7 Å². The van der Waals surface area contributed by atoms with E-state index in [0.717, 1.165) is 23.0 Å². The van der Waals surface area contributed by atoms with Gasteiger partial charge in [0.05, 0.1) is 29.0 Å². The van der Waals surface area contributed by atoms with Crippen LogP contribution < -0.4 is 10.2 Å². The zero-order valence-corrected chi connectivity index (χ0v) is 21.0. The largest absolute Gasteiger partial charge is 0.418 e. The van der Waals surface area contributed by atoms with Crippen LogP contribution in [0, 0.1) is 13.8 Å². The first kappa shape index (κ1) is 24.3. The second-order valence-electron chi connectivity index (χ2n) is 8.65. The van der Waals surface area contributed by atoms with Crippen molar-refractivity contribution in [2.75, 3.05) is 4.90 Å². The van der Waals surface area contributed by atoms with E-state index < -0.39 is 11.7 Å². The number of halogens is 4. The van der Waals surface area contributed by atoms with E-state index in [9.17, 15) is 13.2 Å². The number of benzene rings is 2. The number of rotatable bonds is 4. The van der Waals surface area contributed by atoms with Gasteiger partial charge in [-0.15, -0.1) is 0 Å². The van der Waals surface area contributed by atoms with Crippen molar-refractivity contribution >= 4 is 34.6 Å². The van der Waals surface area contributed by atoms with Crippen LogP contribution in [0.25, 0.3) is 5.69 Å². The lowest BCUT2D eigenvalue weighted by Crippen LogP contribution is -2.29. The van der Waals surface area contributed by atoms with Crippen LogP contribution in [0.1, 0.15) is 40.3 Å². The molecular weight excluding hydrogens is 505 g/mol. The highest BCUT2D eigenvalue weighted by Crippen LogP contribution is 2.44. The Bertz CT molecular complexity index is 1420. The zero-order chi connectivity index (χ0) is 25.6. The van der Waals surface area contributed by atoms with Crippen molar-refractivity contribution in [3.8, 4) is 5.69 Å². The molecule has 1 fully saturated rings. The minimum absolute atomic E-state index is 0.0900. The van der Waals surface area contributed by atoms with Crippen LogP contribution in [0.4, 0.5) is 18.9 Å². The Morgan fingerprint density at radius 2 is 1.67 bits per heavy atom. The van der Waals surface area contributed by atoms with Crippen molar-refractivity contribution in [2.24, 2.45) is 0 Å². The topological polar surface area (TPSA) is 33.1 Å². The van der Waals surface area contributed by atoms with Gasteiger partial charge in [-0.25, -0.2) is 0 Å². The smallest absolute Gasteiger partial charge is 0.351 e. The number of nitrogens with zero attached hydrogens (tertiary/aromatic N) is 3. The Balaban J connectivity index is 1.70. The molecule has 0 unspecified atom stereocenters. The van der Waals surface area contributed by atoms with Gasteiger partial charge >= 0.3 is 6.18 Å². The first-order chi connectivity index (χ1) is 17.2. The molecule has 3 heterocycles. The Kier molecular flexibility index (Phi) is 6.26. The Labute approximate surface area is 217 Å². The van der Waals surface area contributed by atoms with Crippen LogP contribution >= 0.6 is 23.8 Å². The van der Waals surface area contributed by atoms with Gasteiger partial charge in [0.2, 0.25) is 0 Å². The molecule has 9 heteroatoms. The summed E-state index contributed by atoms with van der Waals surface area (Å²) in [5, 5.41) is 4.48. The predicted octanol–water partition coefficient (Wildman–Crippen LogP) is 7.34. The summed E-state index contributed by atoms with van der Waals surface area (Å²) < 4.78 is 43.3. The van der Waals surface area contributed by atoms with Gasteiger partial charge in [0.1, 0.15) is 0 Å². The molecule has 4 nitrogen and oxygen atoms in total. The fourth-order valence-electron chi connectivity index (χ4n) is 4.92. The Morgan fingerprint density at radius 3 is 2.33 bits per heavy atom. The maximum Gasteiger partial charge on any atom is 0.418 e. The summed E-state index contributed by atoms with van der Waals surface area (Å²) >= 11 is 11.9. The van der Waals surface area contributed by atoms with Crippen molar-refractivity contribution in [1.82, 2.24) is 14.9 Å². The molecule has 0 radical (unpaired) electrons.